The Morgan fingerprint density at radius 3 is 2.58 bits per heavy atom. The van der Waals surface area contributed by atoms with Crippen LogP contribution >= 0.6 is 22.9 Å². The van der Waals surface area contributed by atoms with Crippen LogP contribution in [0.25, 0.3) is 0 Å². The first-order valence-corrected chi connectivity index (χ1v) is 12.8. The summed E-state index contributed by atoms with van der Waals surface area (Å²) in [7, 11) is -3.76. The van der Waals surface area contributed by atoms with E-state index in [9.17, 15) is 13.2 Å². The second-order valence-electron chi connectivity index (χ2n) is 7.43. The van der Waals surface area contributed by atoms with Gasteiger partial charge >= 0.3 is 0 Å². The van der Waals surface area contributed by atoms with Gasteiger partial charge < -0.3 is 9.32 Å². The number of amides is 1. The summed E-state index contributed by atoms with van der Waals surface area (Å²) in [5.41, 5.74) is 0.281. The van der Waals surface area contributed by atoms with Gasteiger partial charge in [-0.15, -0.1) is 11.3 Å². The van der Waals surface area contributed by atoms with E-state index in [2.05, 4.69) is 0 Å². The van der Waals surface area contributed by atoms with Crippen LogP contribution in [-0.4, -0.2) is 36.6 Å². The first-order chi connectivity index (χ1) is 14.9. The first-order valence-electron chi connectivity index (χ1n) is 10.1. The monoisotopic (exact) mass is 478 g/mol. The highest BCUT2D eigenvalue weighted by atomic mass is 35.5. The van der Waals surface area contributed by atoms with Gasteiger partial charge in [0.05, 0.1) is 24.4 Å². The standard InChI is InChI=1S/C22H23ClN2O4S2/c23-20-9-8-17(14-21(20)31(27,28)25-10-2-1-3-11-25)22(26)24(15-18-6-4-12-29-18)16-19-7-5-13-30-19/h4-9,12-14H,1-3,10-11,15-16H2. The van der Waals surface area contributed by atoms with Crippen LogP contribution in [0.5, 0.6) is 0 Å². The molecule has 1 fully saturated rings. The van der Waals surface area contributed by atoms with E-state index in [1.165, 1.54) is 16.4 Å². The predicted octanol–water partition coefficient (Wildman–Crippen LogP) is 5.01. The summed E-state index contributed by atoms with van der Waals surface area (Å²) in [5, 5.41) is 2.08. The summed E-state index contributed by atoms with van der Waals surface area (Å²) in [6, 6.07) is 11.9. The normalized spacial score (nSPS) is 15.1. The molecule has 31 heavy (non-hydrogen) atoms. The average molecular weight is 479 g/mol. The number of sulfonamides is 1. The van der Waals surface area contributed by atoms with Crippen LogP contribution in [-0.2, 0) is 23.1 Å². The fourth-order valence-corrected chi connectivity index (χ4v) is 6.38. The van der Waals surface area contributed by atoms with Crippen molar-refractivity contribution < 1.29 is 17.6 Å². The van der Waals surface area contributed by atoms with Gasteiger partial charge in [0, 0.05) is 23.5 Å². The number of carbonyl (C=O) groups is 1. The minimum atomic E-state index is -3.76. The number of hydrogen-bond donors (Lipinski definition) is 0. The predicted molar refractivity (Wildman–Crippen MR) is 121 cm³/mol. The van der Waals surface area contributed by atoms with Crippen LogP contribution in [0.4, 0.5) is 0 Å². The number of benzene rings is 1. The molecule has 1 aromatic carbocycles. The van der Waals surface area contributed by atoms with Gasteiger partial charge in [0.1, 0.15) is 10.7 Å². The summed E-state index contributed by atoms with van der Waals surface area (Å²) in [4.78, 5) is 16.1. The van der Waals surface area contributed by atoms with Crippen molar-refractivity contribution in [3.8, 4) is 0 Å². The fourth-order valence-electron chi connectivity index (χ4n) is 3.64. The van der Waals surface area contributed by atoms with Crippen molar-refractivity contribution in [1.82, 2.24) is 9.21 Å². The SMILES string of the molecule is O=C(c1ccc(Cl)c(S(=O)(=O)N2CCCCC2)c1)N(Cc1ccco1)Cc1cccs1. The number of hydrogen-bond acceptors (Lipinski definition) is 5. The van der Waals surface area contributed by atoms with Gasteiger partial charge in [-0.3, -0.25) is 4.79 Å². The molecule has 164 valence electrons. The Bertz CT molecular complexity index is 1090. The molecule has 1 aliphatic heterocycles. The summed E-state index contributed by atoms with van der Waals surface area (Å²) in [6.07, 6.45) is 4.23. The van der Waals surface area contributed by atoms with E-state index in [4.69, 9.17) is 16.0 Å². The molecule has 6 nitrogen and oxygen atoms in total. The Kier molecular flexibility index (Phi) is 6.81. The molecule has 0 bridgehead atoms. The lowest BCUT2D eigenvalue weighted by atomic mass is 10.2. The van der Waals surface area contributed by atoms with Crippen LogP contribution in [0.3, 0.4) is 0 Å². The van der Waals surface area contributed by atoms with E-state index < -0.39 is 10.0 Å². The van der Waals surface area contributed by atoms with Gasteiger partial charge in [0.25, 0.3) is 5.91 Å². The topological polar surface area (TPSA) is 70.8 Å². The Morgan fingerprint density at radius 1 is 1.10 bits per heavy atom. The van der Waals surface area contributed by atoms with Gasteiger partial charge in [-0.2, -0.15) is 4.31 Å². The maximum atomic E-state index is 13.4. The van der Waals surface area contributed by atoms with Gasteiger partial charge in [0.2, 0.25) is 10.0 Å². The second-order valence-corrected chi connectivity index (χ2v) is 10.8. The Morgan fingerprint density at radius 2 is 1.90 bits per heavy atom. The van der Waals surface area contributed by atoms with Gasteiger partial charge in [-0.1, -0.05) is 24.1 Å². The fraction of sp³-hybridized carbons (Fsp3) is 0.318. The van der Waals surface area contributed by atoms with Crippen LogP contribution in [0.15, 0.2) is 63.4 Å². The molecule has 0 N–H and O–H groups in total. The van der Waals surface area contributed by atoms with Crippen LogP contribution in [0.2, 0.25) is 5.02 Å². The molecule has 0 unspecified atom stereocenters. The Balaban J connectivity index is 1.64. The lowest BCUT2D eigenvalue weighted by Gasteiger charge is -2.26. The van der Waals surface area contributed by atoms with Crippen molar-refractivity contribution in [1.29, 1.82) is 0 Å². The minimum absolute atomic E-state index is 0.0176. The van der Waals surface area contributed by atoms with E-state index in [0.717, 1.165) is 24.1 Å². The third-order valence-corrected chi connectivity index (χ3v) is 8.49. The Labute approximate surface area is 191 Å². The highest BCUT2D eigenvalue weighted by Crippen LogP contribution is 2.29. The number of rotatable bonds is 7. The molecular formula is C22H23ClN2O4S2. The van der Waals surface area contributed by atoms with Gasteiger partial charge in [-0.25, -0.2) is 8.42 Å². The first kappa shape index (κ1) is 22.1. The third kappa shape index (κ3) is 5.03. The zero-order chi connectivity index (χ0) is 21.8. The van der Waals surface area contributed by atoms with Gasteiger partial charge in [-0.05, 0) is 54.6 Å². The van der Waals surface area contributed by atoms with Crippen molar-refractivity contribution in [2.75, 3.05) is 13.1 Å². The number of nitrogens with zero attached hydrogens (tertiary/aromatic N) is 2. The zero-order valence-electron chi connectivity index (χ0n) is 16.9. The van der Waals surface area contributed by atoms with Crippen molar-refractivity contribution in [3.63, 3.8) is 0 Å². The molecule has 1 aliphatic rings. The molecule has 1 amide bonds. The summed E-state index contributed by atoms with van der Waals surface area (Å²) in [5.74, 6) is 0.372. The van der Waals surface area contributed by atoms with E-state index in [0.29, 0.717) is 25.4 Å². The summed E-state index contributed by atoms with van der Waals surface area (Å²) >= 11 is 7.83. The maximum Gasteiger partial charge on any atom is 0.254 e. The lowest BCUT2D eigenvalue weighted by molar-refractivity contribution is 0.0719. The molecule has 3 heterocycles. The zero-order valence-corrected chi connectivity index (χ0v) is 19.3. The average Bonchev–Trinajstić information content (AvgIpc) is 3.48. The molecule has 4 rings (SSSR count). The van der Waals surface area contributed by atoms with Crippen molar-refractivity contribution >= 4 is 38.9 Å². The minimum Gasteiger partial charge on any atom is -0.467 e. The van der Waals surface area contributed by atoms with E-state index >= 15 is 0 Å². The molecule has 0 aliphatic carbocycles. The van der Waals surface area contributed by atoms with E-state index in [1.54, 1.807) is 34.6 Å². The molecule has 0 spiro atoms. The number of halogens is 1. The number of furan rings is 1. The molecule has 0 saturated carbocycles. The highest BCUT2D eigenvalue weighted by Gasteiger charge is 2.29. The molecule has 3 aromatic rings. The number of thiophene rings is 1. The summed E-state index contributed by atoms with van der Waals surface area (Å²) in [6.45, 7) is 1.62. The van der Waals surface area contributed by atoms with Gasteiger partial charge in [0.15, 0.2) is 0 Å². The van der Waals surface area contributed by atoms with Crippen LogP contribution in [0.1, 0.15) is 40.3 Å². The Hall–Kier alpha value is -2.13. The molecule has 9 heteroatoms. The lowest BCUT2D eigenvalue weighted by Crippen LogP contribution is -2.36. The van der Waals surface area contributed by atoms with E-state index in [-0.39, 0.29) is 27.9 Å². The van der Waals surface area contributed by atoms with Crippen LogP contribution < -0.4 is 0 Å². The number of carbonyl (C=O) groups excluding carboxylic acids is 1. The smallest absolute Gasteiger partial charge is 0.254 e. The van der Waals surface area contributed by atoms with E-state index in [1.807, 2.05) is 23.6 Å². The van der Waals surface area contributed by atoms with Crippen molar-refractivity contribution in [2.45, 2.75) is 37.2 Å². The third-order valence-electron chi connectivity index (χ3n) is 5.25. The maximum absolute atomic E-state index is 13.4. The van der Waals surface area contributed by atoms with Crippen molar-refractivity contribution in [2.24, 2.45) is 0 Å². The number of piperidine rings is 1. The highest BCUT2D eigenvalue weighted by molar-refractivity contribution is 7.89. The molecular weight excluding hydrogens is 456 g/mol. The summed E-state index contributed by atoms with van der Waals surface area (Å²) < 4.78 is 33.2. The molecule has 0 atom stereocenters. The molecule has 2 aromatic heterocycles. The quantitative estimate of drug-likeness (QED) is 0.478. The largest absolute Gasteiger partial charge is 0.467 e. The molecule has 0 radical (unpaired) electrons. The second kappa shape index (κ2) is 9.56. The molecule has 1 saturated heterocycles. The van der Waals surface area contributed by atoms with Crippen molar-refractivity contribution in [3.05, 3.63) is 75.3 Å². The van der Waals surface area contributed by atoms with Crippen LogP contribution in [0, 0.1) is 0 Å².